The maximum absolute atomic E-state index is 12.3. The van der Waals surface area contributed by atoms with E-state index < -0.39 is 0 Å². The van der Waals surface area contributed by atoms with Crippen LogP contribution >= 0.6 is 0 Å². The molecule has 1 aliphatic rings. The van der Waals surface area contributed by atoms with E-state index in [1.54, 1.807) is 0 Å². The van der Waals surface area contributed by atoms with Crippen LogP contribution in [-0.2, 0) is 0 Å². The SMILES string of the molecule is Cc1ccc(C)c(C(=O)NC(C)C2CCCNC2)c1. The van der Waals surface area contributed by atoms with Crippen LogP contribution < -0.4 is 10.6 Å². The number of hydrogen-bond acceptors (Lipinski definition) is 2. The molecule has 2 N–H and O–H groups in total. The van der Waals surface area contributed by atoms with Crippen LogP contribution in [0.2, 0.25) is 0 Å². The number of nitrogens with one attached hydrogen (secondary N) is 2. The van der Waals surface area contributed by atoms with Crippen molar-refractivity contribution in [1.82, 2.24) is 10.6 Å². The molecule has 3 heteroatoms. The summed E-state index contributed by atoms with van der Waals surface area (Å²) in [5.41, 5.74) is 2.97. The van der Waals surface area contributed by atoms with Crippen LogP contribution in [0.1, 0.15) is 41.3 Å². The third-order valence-corrected chi connectivity index (χ3v) is 4.04. The van der Waals surface area contributed by atoms with E-state index in [1.807, 2.05) is 32.0 Å². The van der Waals surface area contributed by atoms with E-state index in [0.29, 0.717) is 5.92 Å². The Balaban J connectivity index is 2.01. The first-order valence-electron chi connectivity index (χ1n) is 7.17. The Labute approximate surface area is 115 Å². The topological polar surface area (TPSA) is 41.1 Å². The van der Waals surface area contributed by atoms with Gasteiger partial charge in [0, 0.05) is 11.6 Å². The molecule has 1 amide bonds. The minimum Gasteiger partial charge on any atom is -0.349 e. The minimum absolute atomic E-state index is 0.0549. The van der Waals surface area contributed by atoms with Crippen molar-refractivity contribution in [3.8, 4) is 0 Å². The Morgan fingerprint density at radius 2 is 2.21 bits per heavy atom. The molecule has 1 heterocycles. The fraction of sp³-hybridized carbons (Fsp3) is 0.562. The molecule has 0 bridgehead atoms. The normalized spacial score (nSPS) is 20.9. The van der Waals surface area contributed by atoms with Crippen molar-refractivity contribution in [2.45, 2.75) is 39.7 Å². The van der Waals surface area contributed by atoms with Gasteiger partial charge in [-0.05, 0) is 64.3 Å². The summed E-state index contributed by atoms with van der Waals surface area (Å²) < 4.78 is 0. The average Bonchev–Trinajstić information content (AvgIpc) is 2.42. The number of rotatable bonds is 3. The Morgan fingerprint density at radius 1 is 1.42 bits per heavy atom. The lowest BCUT2D eigenvalue weighted by atomic mass is 9.92. The van der Waals surface area contributed by atoms with Gasteiger partial charge in [0.25, 0.3) is 5.91 Å². The van der Waals surface area contributed by atoms with E-state index >= 15 is 0 Å². The summed E-state index contributed by atoms with van der Waals surface area (Å²) in [5, 5.41) is 6.55. The maximum atomic E-state index is 12.3. The van der Waals surface area contributed by atoms with E-state index in [-0.39, 0.29) is 11.9 Å². The molecule has 19 heavy (non-hydrogen) atoms. The number of aryl methyl sites for hydroxylation is 2. The highest BCUT2D eigenvalue weighted by molar-refractivity contribution is 5.96. The van der Waals surface area contributed by atoms with E-state index in [2.05, 4.69) is 17.6 Å². The molecule has 2 atom stereocenters. The standard InChI is InChI=1S/C16H24N2O/c1-11-6-7-12(2)15(9-11)16(19)18-13(3)14-5-4-8-17-10-14/h6-7,9,13-14,17H,4-5,8,10H2,1-3H3,(H,18,19). The van der Waals surface area contributed by atoms with Gasteiger partial charge in [-0.3, -0.25) is 4.79 Å². The fourth-order valence-electron chi connectivity index (χ4n) is 2.69. The van der Waals surface area contributed by atoms with Gasteiger partial charge < -0.3 is 10.6 Å². The molecular formula is C16H24N2O. The van der Waals surface area contributed by atoms with Crippen LogP contribution in [0.4, 0.5) is 0 Å². The van der Waals surface area contributed by atoms with E-state index in [1.165, 1.54) is 12.8 Å². The highest BCUT2D eigenvalue weighted by atomic mass is 16.1. The van der Waals surface area contributed by atoms with E-state index in [0.717, 1.165) is 29.8 Å². The monoisotopic (exact) mass is 260 g/mol. The van der Waals surface area contributed by atoms with Crippen LogP contribution in [0, 0.1) is 19.8 Å². The lowest BCUT2D eigenvalue weighted by Gasteiger charge is -2.29. The Morgan fingerprint density at radius 3 is 2.89 bits per heavy atom. The second-order valence-electron chi connectivity index (χ2n) is 5.69. The lowest BCUT2D eigenvalue weighted by Crippen LogP contribution is -2.44. The van der Waals surface area contributed by atoms with Gasteiger partial charge >= 0.3 is 0 Å². The summed E-state index contributed by atoms with van der Waals surface area (Å²) in [6.45, 7) is 8.23. The molecule has 2 unspecified atom stereocenters. The van der Waals surface area contributed by atoms with Crippen LogP contribution in [-0.4, -0.2) is 25.0 Å². The Bertz CT molecular complexity index is 450. The number of piperidine rings is 1. The molecule has 1 aromatic rings. The predicted molar refractivity (Wildman–Crippen MR) is 78.4 cm³/mol. The zero-order valence-electron chi connectivity index (χ0n) is 12.1. The van der Waals surface area contributed by atoms with Gasteiger partial charge in [-0.1, -0.05) is 17.7 Å². The highest BCUT2D eigenvalue weighted by Crippen LogP contribution is 2.16. The van der Waals surface area contributed by atoms with Crippen molar-refractivity contribution in [1.29, 1.82) is 0 Å². The molecule has 1 aromatic carbocycles. The zero-order chi connectivity index (χ0) is 13.8. The minimum atomic E-state index is 0.0549. The zero-order valence-corrected chi connectivity index (χ0v) is 12.1. The van der Waals surface area contributed by atoms with Crippen LogP contribution in [0.5, 0.6) is 0 Å². The molecule has 1 saturated heterocycles. The van der Waals surface area contributed by atoms with Crippen molar-refractivity contribution in [3.05, 3.63) is 34.9 Å². The molecule has 1 fully saturated rings. The second kappa shape index (κ2) is 6.20. The number of hydrogen-bond donors (Lipinski definition) is 2. The number of benzene rings is 1. The molecular weight excluding hydrogens is 236 g/mol. The molecule has 1 aliphatic heterocycles. The van der Waals surface area contributed by atoms with Crippen LogP contribution in [0.25, 0.3) is 0 Å². The first-order chi connectivity index (χ1) is 9.08. The van der Waals surface area contributed by atoms with Gasteiger partial charge in [0.1, 0.15) is 0 Å². The summed E-state index contributed by atoms with van der Waals surface area (Å²) in [6, 6.07) is 6.24. The van der Waals surface area contributed by atoms with Gasteiger partial charge in [-0.15, -0.1) is 0 Å². The van der Waals surface area contributed by atoms with Gasteiger partial charge in [0.15, 0.2) is 0 Å². The summed E-state index contributed by atoms with van der Waals surface area (Å²) in [7, 11) is 0. The number of carbonyl (C=O) groups excluding carboxylic acids is 1. The molecule has 0 radical (unpaired) electrons. The first-order valence-corrected chi connectivity index (χ1v) is 7.17. The Hall–Kier alpha value is -1.35. The summed E-state index contributed by atoms with van der Waals surface area (Å²) >= 11 is 0. The summed E-state index contributed by atoms with van der Waals surface area (Å²) in [4.78, 5) is 12.3. The smallest absolute Gasteiger partial charge is 0.251 e. The third-order valence-electron chi connectivity index (χ3n) is 4.04. The van der Waals surface area contributed by atoms with E-state index in [9.17, 15) is 4.79 Å². The first kappa shape index (κ1) is 14.1. The maximum Gasteiger partial charge on any atom is 0.251 e. The van der Waals surface area contributed by atoms with E-state index in [4.69, 9.17) is 0 Å². The quantitative estimate of drug-likeness (QED) is 0.876. The van der Waals surface area contributed by atoms with Gasteiger partial charge in [-0.25, -0.2) is 0 Å². The average molecular weight is 260 g/mol. The van der Waals surface area contributed by atoms with Gasteiger partial charge in [0.2, 0.25) is 0 Å². The molecule has 3 nitrogen and oxygen atoms in total. The molecule has 0 aliphatic carbocycles. The molecule has 104 valence electrons. The van der Waals surface area contributed by atoms with Crippen LogP contribution in [0.3, 0.4) is 0 Å². The van der Waals surface area contributed by atoms with Crippen molar-refractivity contribution >= 4 is 5.91 Å². The van der Waals surface area contributed by atoms with Gasteiger partial charge in [0.05, 0.1) is 0 Å². The summed E-state index contributed by atoms with van der Waals surface area (Å²) in [5.74, 6) is 0.599. The molecule has 0 aromatic heterocycles. The van der Waals surface area contributed by atoms with Crippen LogP contribution in [0.15, 0.2) is 18.2 Å². The van der Waals surface area contributed by atoms with Crippen molar-refractivity contribution in [3.63, 3.8) is 0 Å². The van der Waals surface area contributed by atoms with Gasteiger partial charge in [-0.2, -0.15) is 0 Å². The number of carbonyl (C=O) groups is 1. The molecule has 0 saturated carbocycles. The highest BCUT2D eigenvalue weighted by Gasteiger charge is 2.22. The largest absolute Gasteiger partial charge is 0.349 e. The molecule has 0 spiro atoms. The molecule has 2 rings (SSSR count). The second-order valence-corrected chi connectivity index (χ2v) is 5.69. The predicted octanol–water partition coefficient (Wildman–Crippen LogP) is 2.42. The van der Waals surface area contributed by atoms with Crippen molar-refractivity contribution < 1.29 is 4.79 Å². The third kappa shape index (κ3) is 3.57. The number of amides is 1. The summed E-state index contributed by atoms with van der Waals surface area (Å²) in [6.07, 6.45) is 2.40. The Kier molecular flexibility index (Phi) is 4.59. The fourth-order valence-corrected chi connectivity index (χ4v) is 2.69. The lowest BCUT2D eigenvalue weighted by molar-refractivity contribution is 0.0921. The van der Waals surface area contributed by atoms with Crippen molar-refractivity contribution in [2.75, 3.05) is 13.1 Å². The van der Waals surface area contributed by atoms with Crippen molar-refractivity contribution in [2.24, 2.45) is 5.92 Å².